The standard InChI is InChI=1S/C8H10O4/c1-2-11-8(10)6-4-3-5-7(9)12-6/h3-5,7,9H,2H2,1H3. The Kier molecular flexibility index (Phi) is 2.88. The Balaban J connectivity index is 2.57. The van der Waals surface area contributed by atoms with Crippen LogP contribution >= 0.6 is 0 Å². The van der Waals surface area contributed by atoms with E-state index in [1.54, 1.807) is 13.0 Å². The third-order valence-corrected chi connectivity index (χ3v) is 1.25. The topological polar surface area (TPSA) is 55.8 Å². The lowest BCUT2D eigenvalue weighted by atomic mass is 10.3. The summed E-state index contributed by atoms with van der Waals surface area (Å²) in [5.41, 5.74) is 0. The molecule has 0 fully saturated rings. The molecular weight excluding hydrogens is 160 g/mol. The first-order valence-corrected chi connectivity index (χ1v) is 3.64. The van der Waals surface area contributed by atoms with Gasteiger partial charge in [-0.25, -0.2) is 4.79 Å². The average Bonchev–Trinajstić information content (AvgIpc) is 2.05. The van der Waals surface area contributed by atoms with Crippen LogP contribution in [0.3, 0.4) is 0 Å². The maximum atomic E-state index is 11.0. The van der Waals surface area contributed by atoms with Gasteiger partial charge in [-0.15, -0.1) is 0 Å². The van der Waals surface area contributed by atoms with Crippen molar-refractivity contribution in [3.63, 3.8) is 0 Å². The number of carbonyl (C=O) groups is 1. The maximum absolute atomic E-state index is 11.0. The Hall–Kier alpha value is -1.29. The molecule has 0 bridgehead atoms. The van der Waals surface area contributed by atoms with E-state index in [4.69, 9.17) is 9.84 Å². The largest absolute Gasteiger partial charge is 0.460 e. The van der Waals surface area contributed by atoms with Crippen molar-refractivity contribution in [1.29, 1.82) is 0 Å². The van der Waals surface area contributed by atoms with E-state index in [0.29, 0.717) is 6.61 Å². The van der Waals surface area contributed by atoms with Crippen LogP contribution in [-0.2, 0) is 14.3 Å². The lowest BCUT2D eigenvalue weighted by Crippen LogP contribution is -2.18. The molecule has 1 aliphatic rings. The number of esters is 1. The van der Waals surface area contributed by atoms with Gasteiger partial charge in [0.1, 0.15) is 0 Å². The zero-order valence-corrected chi connectivity index (χ0v) is 6.69. The Morgan fingerprint density at radius 3 is 3.17 bits per heavy atom. The molecule has 0 aromatic rings. The molecule has 0 aromatic carbocycles. The Labute approximate surface area is 70.1 Å². The number of hydrogen-bond donors (Lipinski definition) is 1. The summed E-state index contributed by atoms with van der Waals surface area (Å²) in [7, 11) is 0. The molecule has 0 amide bonds. The van der Waals surface area contributed by atoms with Gasteiger partial charge in [0.25, 0.3) is 0 Å². The van der Waals surface area contributed by atoms with Crippen LogP contribution in [0.1, 0.15) is 6.92 Å². The van der Waals surface area contributed by atoms with Crippen molar-refractivity contribution in [3.8, 4) is 0 Å². The van der Waals surface area contributed by atoms with Crippen molar-refractivity contribution in [3.05, 3.63) is 24.0 Å². The number of aliphatic hydroxyl groups excluding tert-OH is 1. The van der Waals surface area contributed by atoms with Crippen LogP contribution in [-0.4, -0.2) is 24.0 Å². The normalized spacial score (nSPS) is 21.2. The number of hydrogen-bond acceptors (Lipinski definition) is 4. The molecule has 1 unspecified atom stereocenters. The van der Waals surface area contributed by atoms with E-state index in [-0.39, 0.29) is 5.76 Å². The van der Waals surface area contributed by atoms with Gasteiger partial charge in [-0.3, -0.25) is 0 Å². The molecule has 1 aliphatic heterocycles. The highest BCUT2D eigenvalue weighted by molar-refractivity contribution is 5.86. The summed E-state index contributed by atoms with van der Waals surface area (Å²) in [6.07, 6.45) is 3.36. The fourth-order valence-electron chi connectivity index (χ4n) is 0.765. The van der Waals surface area contributed by atoms with Gasteiger partial charge in [-0.05, 0) is 19.1 Å². The number of carbonyl (C=O) groups excluding carboxylic acids is 1. The number of aliphatic hydroxyl groups is 1. The molecule has 0 saturated carbocycles. The van der Waals surface area contributed by atoms with E-state index < -0.39 is 12.3 Å². The molecule has 1 atom stereocenters. The smallest absolute Gasteiger partial charge is 0.373 e. The van der Waals surface area contributed by atoms with Crippen LogP contribution in [0.4, 0.5) is 0 Å². The SMILES string of the molecule is CCOC(=O)C1=CC=CC(O)O1. The van der Waals surface area contributed by atoms with Crippen molar-refractivity contribution in [2.75, 3.05) is 6.61 Å². The Morgan fingerprint density at radius 2 is 2.58 bits per heavy atom. The van der Waals surface area contributed by atoms with E-state index in [2.05, 4.69) is 4.74 Å². The van der Waals surface area contributed by atoms with Crippen LogP contribution in [0, 0.1) is 0 Å². The predicted octanol–water partition coefficient (Wildman–Crippen LogP) is 0.338. The van der Waals surface area contributed by atoms with E-state index in [9.17, 15) is 4.79 Å². The van der Waals surface area contributed by atoms with Crippen LogP contribution < -0.4 is 0 Å². The van der Waals surface area contributed by atoms with E-state index in [1.807, 2.05) is 0 Å². The summed E-state index contributed by atoms with van der Waals surface area (Å²) >= 11 is 0. The fraction of sp³-hybridized carbons (Fsp3) is 0.375. The van der Waals surface area contributed by atoms with Gasteiger partial charge < -0.3 is 14.6 Å². The molecule has 0 aromatic heterocycles. The molecule has 4 nitrogen and oxygen atoms in total. The van der Waals surface area contributed by atoms with E-state index in [1.165, 1.54) is 12.2 Å². The third kappa shape index (κ3) is 2.10. The minimum Gasteiger partial charge on any atom is -0.460 e. The van der Waals surface area contributed by atoms with Crippen molar-refractivity contribution in [2.24, 2.45) is 0 Å². The van der Waals surface area contributed by atoms with Gasteiger partial charge in [0.2, 0.25) is 12.0 Å². The highest BCUT2D eigenvalue weighted by Gasteiger charge is 2.16. The molecular formula is C8H10O4. The minimum atomic E-state index is -1.05. The Morgan fingerprint density at radius 1 is 1.83 bits per heavy atom. The first-order valence-electron chi connectivity index (χ1n) is 3.64. The Bertz CT molecular complexity index is 229. The first-order chi connectivity index (χ1) is 5.74. The molecule has 0 radical (unpaired) electrons. The summed E-state index contributed by atoms with van der Waals surface area (Å²) in [6.45, 7) is 1.99. The molecule has 12 heavy (non-hydrogen) atoms. The van der Waals surface area contributed by atoms with Gasteiger partial charge in [-0.1, -0.05) is 6.08 Å². The second-order valence-electron chi connectivity index (χ2n) is 2.14. The lowest BCUT2D eigenvalue weighted by Gasteiger charge is -2.14. The molecule has 0 saturated heterocycles. The van der Waals surface area contributed by atoms with Crippen molar-refractivity contribution in [1.82, 2.24) is 0 Å². The zero-order valence-electron chi connectivity index (χ0n) is 6.69. The zero-order chi connectivity index (χ0) is 8.97. The van der Waals surface area contributed by atoms with Gasteiger partial charge in [0, 0.05) is 0 Å². The fourth-order valence-corrected chi connectivity index (χ4v) is 0.765. The van der Waals surface area contributed by atoms with Gasteiger partial charge in [0.05, 0.1) is 6.61 Å². The number of rotatable bonds is 2. The highest BCUT2D eigenvalue weighted by Crippen LogP contribution is 2.09. The van der Waals surface area contributed by atoms with E-state index in [0.717, 1.165) is 0 Å². The molecule has 1 heterocycles. The highest BCUT2D eigenvalue weighted by atomic mass is 16.6. The second kappa shape index (κ2) is 3.92. The molecule has 4 heteroatoms. The van der Waals surface area contributed by atoms with Crippen molar-refractivity contribution < 1.29 is 19.4 Å². The van der Waals surface area contributed by atoms with Gasteiger partial charge in [-0.2, -0.15) is 0 Å². The maximum Gasteiger partial charge on any atom is 0.373 e. The van der Waals surface area contributed by atoms with Crippen LogP contribution in [0.15, 0.2) is 24.0 Å². The van der Waals surface area contributed by atoms with Gasteiger partial charge in [0.15, 0.2) is 0 Å². The monoisotopic (exact) mass is 170 g/mol. The number of ether oxygens (including phenoxy) is 2. The molecule has 1 rings (SSSR count). The number of allylic oxidation sites excluding steroid dienone is 2. The minimum absolute atomic E-state index is 0.0341. The van der Waals surface area contributed by atoms with Crippen LogP contribution in [0.5, 0.6) is 0 Å². The molecule has 0 aliphatic carbocycles. The van der Waals surface area contributed by atoms with Crippen molar-refractivity contribution in [2.45, 2.75) is 13.2 Å². The molecule has 66 valence electrons. The average molecular weight is 170 g/mol. The van der Waals surface area contributed by atoms with Crippen molar-refractivity contribution >= 4 is 5.97 Å². The van der Waals surface area contributed by atoms with Gasteiger partial charge >= 0.3 is 5.97 Å². The predicted molar refractivity (Wildman–Crippen MR) is 40.9 cm³/mol. The summed E-state index contributed by atoms with van der Waals surface area (Å²) < 4.78 is 9.41. The van der Waals surface area contributed by atoms with E-state index >= 15 is 0 Å². The third-order valence-electron chi connectivity index (χ3n) is 1.25. The second-order valence-corrected chi connectivity index (χ2v) is 2.14. The van der Waals surface area contributed by atoms with Crippen LogP contribution in [0.2, 0.25) is 0 Å². The summed E-state index contributed by atoms with van der Waals surface area (Å²) in [4.78, 5) is 11.0. The quantitative estimate of drug-likeness (QED) is 0.607. The summed E-state index contributed by atoms with van der Waals surface area (Å²) in [5.74, 6) is -0.521. The van der Waals surface area contributed by atoms with Crippen LogP contribution in [0.25, 0.3) is 0 Å². The summed E-state index contributed by atoms with van der Waals surface area (Å²) in [5, 5.41) is 8.94. The molecule has 1 N–H and O–H groups in total. The lowest BCUT2D eigenvalue weighted by molar-refractivity contribution is -0.147. The first kappa shape index (κ1) is 8.80. The molecule has 0 spiro atoms. The summed E-state index contributed by atoms with van der Waals surface area (Å²) in [6, 6.07) is 0.